The lowest BCUT2D eigenvalue weighted by Crippen LogP contribution is -2.17. The molecule has 0 aliphatic heterocycles. The zero-order chi connectivity index (χ0) is 7.72. The second kappa shape index (κ2) is 2.87. The zero-order valence-corrected chi connectivity index (χ0v) is 7.90. The van der Waals surface area contributed by atoms with Crippen molar-refractivity contribution in [3.8, 4) is 0 Å². The molecule has 1 rings (SSSR count). The fraction of sp³-hybridized carbons (Fsp3) is 0.625. The quantitative estimate of drug-likeness (QED) is 0.624. The highest BCUT2D eigenvalue weighted by Gasteiger charge is 2.19. The van der Waals surface area contributed by atoms with Crippen LogP contribution < -0.4 is 0 Å². The monoisotopic (exact) mass is 201 g/mol. The van der Waals surface area contributed by atoms with E-state index in [2.05, 4.69) is 35.9 Å². The number of allylic oxidation sites excluding steroid dienone is 2. The van der Waals surface area contributed by atoms with Crippen molar-refractivity contribution in [2.45, 2.75) is 20.3 Å². The van der Waals surface area contributed by atoms with E-state index in [9.17, 15) is 0 Å². The van der Waals surface area contributed by atoms with Gasteiger partial charge in [-0.15, -0.1) is 0 Å². The lowest BCUT2D eigenvalue weighted by Gasteiger charge is -2.22. The van der Waals surface area contributed by atoms with Crippen LogP contribution in [0.1, 0.15) is 20.3 Å². The zero-order valence-electron chi connectivity index (χ0n) is 6.32. The molecule has 0 heterocycles. The predicted molar refractivity (Wildman–Crippen MR) is 47.7 cm³/mol. The summed E-state index contributed by atoms with van der Waals surface area (Å²) in [7, 11) is 0. The Labute approximate surface area is 70.2 Å². The van der Waals surface area contributed by atoms with Crippen LogP contribution in [-0.4, -0.2) is 5.71 Å². The van der Waals surface area contributed by atoms with Crippen molar-refractivity contribution in [3.63, 3.8) is 0 Å². The standard InChI is InChI=1S/C8H12BrN/c1-5-3-7(9)8(10)4-6(5)2/h3,5-6,10H,4H2,1-2H3. The highest BCUT2D eigenvalue weighted by atomic mass is 79.9. The van der Waals surface area contributed by atoms with E-state index in [0.29, 0.717) is 11.8 Å². The van der Waals surface area contributed by atoms with Crippen molar-refractivity contribution >= 4 is 21.6 Å². The number of halogens is 1. The Hall–Kier alpha value is -0.110. The van der Waals surface area contributed by atoms with E-state index >= 15 is 0 Å². The highest BCUT2D eigenvalue weighted by molar-refractivity contribution is 9.12. The van der Waals surface area contributed by atoms with E-state index in [-0.39, 0.29) is 0 Å². The average Bonchev–Trinajstić information content (AvgIpc) is 1.84. The number of nitrogens with one attached hydrogen (secondary N) is 1. The van der Waals surface area contributed by atoms with E-state index in [1.807, 2.05) is 0 Å². The van der Waals surface area contributed by atoms with Gasteiger partial charge in [-0.3, -0.25) is 0 Å². The summed E-state index contributed by atoms with van der Waals surface area (Å²) in [6.45, 7) is 4.38. The summed E-state index contributed by atoms with van der Waals surface area (Å²) in [4.78, 5) is 0. The molecule has 0 bridgehead atoms. The van der Waals surface area contributed by atoms with Crippen molar-refractivity contribution in [1.29, 1.82) is 5.41 Å². The van der Waals surface area contributed by atoms with Crippen molar-refractivity contribution in [3.05, 3.63) is 10.6 Å². The highest BCUT2D eigenvalue weighted by Crippen LogP contribution is 2.28. The summed E-state index contributed by atoms with van der Waals surface area (Å²) in [5.74, 6) is 1.25. The third-order valence-corrected chi connectivity index (χ3v) is 2.86. The molecular weight excluding hydrogens is 190 g/mol. The molecule has 2 unspecified atom stereocenters. The van der Waals surface area contributed by atoms with Gasteiger partial charge < -0.3 is 5.41 Å². The number of hydrogen-bond acceptors (Lipinski definition) is 1. The van der Waals surface area contributed by atoms with E-state index in [1.165, 1.54) is 0 Å². The number of hydrogen-bond donors (Lipinski definition) is 1. The fourth-order valence-electron chi connectivity index (χ4n) is 1.10. The first-order chi connectivity index (χ1) is 4.61. The predicted octanol–water partition coefficient (Wildman–Crippen LogP) is 2.96. The maximum Gasteiger partial charge on any atom is 0.0455 e. The third kappa shape index (κ3) is 1.48. The average molecular weight is 202 g/mol. The topological polar surface area (TPSA) is 23.9 Å². The summed E-state index contributed by atoms with van der Waals surface area (Å²) in [5, 5.41) is 7.50. The van der Waals surface area contributed by atoms with Gasteiger partial charge >= 0.3 is 0 Å². The minimum atomic E-state index is 0.614. The van der Waals surface area contributed by atoms with Crippen LogP contribution in [-0.2, 0) is 0 Å². The second-order valence-electron chi connectivity index (χ2n) is 3.03. The van der Waals surface area contributed by atoms with Gasteiger partial charge in [-0.1, -0.05) is 19.9 Å². The van der Waals surface area contributed by atoms with Crippen LogP contribution in [0.25, 0.3) is 0 Å². The Morgan fingerprint density at radius 3 is 2.70 bits per heavy atom. The van der Waals surface area contributed by atoms with Crippen LogP contribution in [0.15, 0.2) is 10.6 Å². The minimum absolute atomic E-state index is 0.614. The first-order valence-corrected chi connectivity index (χ1v) is 4.35. The van der Waals surface area contributed by atoms with Crippen LogP contribution in [0.4, 0.5) is 0 Å². The molecule has 1 N–H and O–H groups in total. The summed E-state index contributed by atoms with van der Waals surface area (Å²) >= 11 is 3.36. The first-order valence-electron chi connectivity index (χ1n) is 3.56. The maximum atomic E-state index is 7.50. The maximum absolute atomic E-state index is 7.50. The lowest BCUT2D eigenvalue weighted by atomic mass is 9.86. The Morgan fingerprint density at radius 1 is 1.60 bits per heavy atom. The molecule has 1 aliphatic rings. The van der Waals surface area contributed by atoms with Gasteiger partial charge in [-0.2, -0.15) is 0 Å². The molecule has 1 aliphatic carbocycles. The molecule has 0 aromatic heterocycles. The molecule has 0 aromatic carbocycles. The van der Waals surface area contributed by atoms with Crippen molar-refractivity contribution in [1.82, 2.24) is 0 Å². The van der Waals surface area contributed by atoms with E-state index in [4.69, 9.17) is 5.41 Å². The van der Waals surface area contributed by atoms with Crippen LogP contribution in [0, 0.1) is 17.2 Å². The van der Waals surface area contributed by atoms with Gasteiger partial charge in [0.1, 0.15) is 0 Å². The first kappa shape index (κ1) is 7.99. The van der Waals surface area contributed by atoms with Crippen LogP contribution in [0.3, 0.4) is 0 Å². The van der Waals surface area contributed by atoms with Crippen LogP contribution >= 0.6 is 15.9 Å². The largest absolute Gasteiger partial charge is 0.304 e. The fourth-order valence-corrected chi connectivity index (χ4v) is 1.68. The normalized spacial score (nSPS) is 33.9. The van der Waals surface area contributed by atoms with Gasteiger partial charge in [0, 0.05) is 10.2 Å². The molecule has 56 valence electrons. The Kier molecular flexibility index (Phi) is 2.29. The lowest BCUT2D eigenvalue weighted by molar-refractivity contribution is 0.468. The number of rotatable bonds is 0. The molecule has 2 heteroatoms. The smallest absolute Gasteiger partial charge is 0.0455 e. The van der Waals surface area contributed by atoms with Crippen molar-refractivity contribution in [2.24, 2.45) is 11.8 Å². The summed E-state index contributed by atoms with van der Waals surface area (Å²) < 4.78 is 0.984. The molecule has 0 radical (unpaired) electrons. The molecule has 0 fully saturated rings. The van der Waals surface area contributed by atoms with Gasteiger partial charge in [0.05, 0.1) is 0 Å². The molecule has 2 atom stereocenters. The van der Waals surface area contributed by atoms with Crippen LogP contribution in [0.5, 0.6) is 0 Å². The van der Waals surface area contributed by atoms with E-state index in [0.717, 1.165) is 16.6 Å². The van der Waals surface area contributed by atoms with Crippen LogP contribution in [0.2, 0.25) is 0 Å². The Morgan fingerprint density at radius 2 is 2.20 bits per heavy atom. The van der Waals surface area contributed by atoms with Crippen molar-refractivity contribution < 1.29 is 0 Å². The SMILES string of the molecule is CC1C=C(Br)C(=N)CC1C. The van der Waals surface area contributed by atoms with Gasteiger partial charge in [-0.05, 0) is 34.2 Å². The van der Waals surface area contributed by atoms with Gasteiger partial charge in [0.2, 0.25) is 0 Å². The molecule has 0 saturated carbocycles. The Bertz CT molecular complexity index is 184. The van der Waals surface area contributed by atoms with E-state index in [1.54, 1.807) is 0 Å². The minimum Gasteiger partial charge on any atom is -0.304 e. The van der Waals surface area contributed by atoms with E-state index < -0.39 is 0 Å². The molecule has 10 heavy (non-hydrogen) atoms. The molecule has 0 saturated heterocycles. The molecule has 1 nitrogen and oxygen atoms in total. The summed E-state index contributed by atoms with van der Waals surface area (Å²) in [6, 6.07) is 0. The molecule has 0 amide bonds. The molecular formula is C8H12BrN. The summed E-state index contributed by atoms with van der Waals surface area (Å²) in [6.07, 6.45) is 3.04. The van der Waals surface area contributed by atoms with Gasteiger partial charge in [-0.25, -0.2) is 0 Å². The Balaban J connectivity index is 2.79. The third-order valence-electron chi connectivity index (χ3n) is 2.12. The van der Waals surface area contributed by atoms with Crippen molar-refractivity contribution in [2.75, 3.05) is 0 Å². The molecule has 0 aromatic rings. The van der Waals surface area contributed by atoms with Gasteiger partial charge in [0.15, 0.2) is 0 Å². The van der Waals surface area contributed by atoms with Gasteiger partial charge in [0.25, 0.3) is 0 Å². The second-order valence-corrected chi connectivity index (χ2v) is 3.89. The molecule has 0 spiro atoms. The summed E-state index contributed by atoms with van der Waals surface area (Å²) in [5.41, 5.74) is 0.741.